The standard InChI is InChI=1S/C56H52F2N6O3/c1-62-25-27-63(28-26-62)47-19-22-49(52(36-47)59-46-23-29-67-30-24-46)55(66)60-54-51-34-40(31-38-32-44(57)35-45(58)33-38)50(39-17-20-48(65)21-18-39)37-53(51)64(61-54)56(41-11-5-2-6-12-41,42-13-7-3-8-14-42)43-15-9-4-10-16-43/h2-22,32-37,46,59,65H,23-31H2,1H3,(H,60,61,66). The second-order valence-corrected chi connectivity index (χ2v) is 17.6. The van der Waals surface area contributed by atoms with E-state index < -0.39 is 17.2 Å². The topological polar surface area (TPSA) is 94.9 Å². The van der Waals surface area contributed by atoms with E-state index >= 15 is 4.79 Å². The maximum atomic E-state index is 15.1. The maximum Gasteiger partial charge on any atom is 0.258 e. The molecule has 2 fully saturated rings. The van der Waals surface area contributed by atoms with Crippen molar-refractivity contribution in [1.29, 1.82) is 0 Å². The molecular formula is C56H52F2N6O3. The van der Waals surface area contributed by atoms with E-state index in [0.717, 1.165) is 89.8 Å². The molecule has 1 amide bonds. The van der Waals surface area contributed by atoms with E-state index in [0.29, 0.717) is 41.1 Å². The van der Waals surface area contributed by atoms with E-state index in [2.05, 4.69) is 69.9 Å². The van der Waals surface area contributed by atoms with Crippen LogP contribution in [0.1, 0.15) is 51.0 Å². The number of aromatic hydroxyl groups is 1. The van der Waals surface area contributed by atoms with Crippen molar-refractivity contribution in [2.75, 3.05) is 62.0 Å². The van der Waals surface area contributed by atoms with Crippen molar-refractivity contribution < 1.29 is 23.4 Å². The van der Waals surface area contributed by atoms with Gasteiger partial charge in [-0.15, -0.1) is 0 Å². The van der Waals surface area contributed by atoms with Gasteiger partial charge in [-0.2, -0.15) is 5.10 Å². The summed E-state index contributed by atoms with van der Waals surface area (Å²) in [6.07, 6.45) is 1.79. The fourth-order valence-corrected chi connectivity index (χ4v) is 9.80. The zero-order valence-corrected chi connectivity index (χ0v) is 37.3. The number of hydrogen-bond acceptors (Lipinski definition) is 7. The fourth-order valence-electron chi connectivity index (χ4n) is 9.80. The zero-order chi connectivity index (χ0) is 45.9. The van der Waals surface area contributed by atoms with Crippen molar-refractivity contribution in [3.05, 3.63) is 209 Å². The molecule has 3 N–H and O–H groups in total. The third-order valence-electron chi connectivity index (χ3n) is 13.2. The third-order valence-corrected chi connectivity index (χ3v) is 13.2. The van der Waals surface area contributed by atoms with Crippen LogP contribution in [-0.4, -0.2) is 78.2 Å². The number of phenolic OH excluding ortho intramolecular Hbond substituents is 1. The predicted molar refractivity (Wildman–Crippen MR) is 262 cm³/mol. The van der Waals surface area contributed by atoms with Crippen molar-refractivity contribution >= 4 is 34.0 Å². The number of carbonyl (C=O) groups excluding carboxylic acids is 1. The van der Waals surface area contributed by atoms with Gasteiger partial charge in [0.2, 0.25) is 0 Å². The Morgan fingerprint density at radius 2 is 1.33 bits per heavy atom. The van der Waals surface area contributed by atoms with E-state index in [1.807, 2.05) is 95.7 Å². The maximum absolute atomic E-state index is 15.1. The molecule has 11 heteroatoms. The number of amides is 1. The molecule has 2 aliphatic rings. The van der Waals surface area contributed by atoms with Crippen molar-refractivity contribution in [2.24, 2.45) is 0 Å². The summed E-state index contributed by atoms with van der Waals surface area (Å²) in [6, 6.07) is 51.2. The lowest BCUT2D eigenvalue weighted by Gasteiger charge is -2.37. The van der Waals surface area contributed by atoms with Crippen LogP contribution in [0.4, 0.5) is 26.0 Å². The number of nitrogens with one attached hydrogen (secondary N) is 2. The van der Waals surface area contributed by atoms with Crippen LogP contribution in [0.3, 0.4) is 0 Å². The Hall–Kier alpha value is -7.34. The normalized spacial score (nSPS) is 14.9. The van der Waals surface area contributed by atoms with Gasteiger partial charge in [0.05, 0.1) is 11.1 Å². The van der Waals surface area contributed by atoms with Gasteiger partial charge in [-0.1, -0.05) is 103 Å². The lowest BCUT2D eigenvalue weighted by molar-refractivity contribution is 0.0904. The van der Waals surface area contributed by atoms with Crippen LogP contribution in [0.25, 0.3) is 22.0 Å². The number of aromatic nitrogens is 2. The molecule has 9 nitrogen and oxygen atoms in total. The first-order valence-corrected chi connectivity index (χ1v) is 22.9. The van der Waals surface area contributed by atoms with E-state index in [4.69, 9.17) is 9.84 Å². The molecule has 10 rings (SSSR count). The number of ether oxygens (including phenoxy) is 1. The van der Waals surface area contributed by atoms with Gasteiger partial charge in [-0.25, -0.2) is 13.5 Å². The highest BCUT2D eigenvalue weighted by atomic mass is 19.1. The summed E-state index contributed by atoms with van der Waals surface area (Å²) in [5.74, 6) is -1.27. The van der Waals surface area contributed by atoms with E-state index in [1.165, 1.54) is 12.1 Å². The van der Waals surface area contributed by atoms with Gasteiger partial charge in [-0.05, 0) is 120 Å². The number of rotatable bonds is 12. The minimum Gasteiger partial charge on any atom is -0.508 e. The number of carbonyl (C=O) groups is 1. The third kappa shape index (κ3) is 8.88. The van der Waals surface area contributed by atoms with E-state index in [9.17, 15) is 13.9 Å². The Morgan fingerprint density at radius 1 is 0.731 bits per heavy atom. The van der Waals surface area contributed by atoms with Gasteiger partial charge in [0.1, 0.15) is 22.9 Å². The molecule has 8 aromatic rings. The van der Waals surface area contributed by atoms with Crippen molar-refractivity contribution in [3.63, 3.8) is 0 Å². The minimum atomic E-state index is -1.08. The van der Waals surface area contributed by atoms with Crippen molar-refractivity contribution in [2.45, 2.75) is 30.8 Å². The molecular weight excluding hydrogens is 843 g/mol. The predicted octanol–water partition coefficient (Wildman–Crippen LogP) is 10.7. The molecule has 0 saturated carbocycles. The smallest absolute Gasteiger partial charge is 0.258 e. The first-order valence-electron chi connectivity index (χ1n) is 22.9. The first-order chi connectivity index (χ1) is 32.7. The summed E-state index contributed by atoms with van der Waals surface area (Å²) < 4.78 is 37.3. The Bertz CT molecular complexity index is 2890. The number of likely N-dealkylation sites (N-methyl/N-ethyl adjacent to an activating group) is 1. The monoisotopic (exact) mass is 894 g/mol. The second kappa shape index (κ2) is 18.9. The Labute approximate surface area is 389 Å². The number of fused-ring (bicyclic) bond motifs is 1. The molecule has 1 aromatic heterocycles. The van der Waals surface area contributed by atoms with E-state index in [-0.39, 0.29) is 24.1 Å². The van der Waals surface area contributed by atoms with Crippen molar-refractivity contribution in [3.8, 4) is 16.9 Å². The summed E-state index contributed by atoms with van der Waals surface area (Å²) in [4.78, 5) is 19.8. The van der Waals surface area contributed by atoms with Gasteiger partial charge in [0, 0.05) is 68.3 Å². The highest BCUT2D eigenvalue weighted by molar-refractivity contribution is 6.11. The fraction of sp³-hybridized carbons (Fsp3) is 0.214. The van der Waals surface area contributed by atoms with Gasteiger partial charge in [0.15, 0.2) is 5.82 Å². The van der Waals surface area contributed by atoms with Crippen LogP contribution in [0.15, 0.2) is 164 Å². The summed E-state index contributed by atoms with van der Waals surface area (Å²) in [5.41, 5.74) is 7.39. The largest absolute Gasteiger partial charge is 0.508 e. The molecule has 2 aliphatic heterocycles. The van der Waals surface area contributed by atoms with Crippen molar-refractivity contribution in [1.82, 2.24) is 14.7 Å². The first kappa shape index (κ1) is 43.5. The molecule has 0 aliphatic carbocycles. The number of phenols is 1. The molecule has 7 aromatic carbocycles. The summed E-state index contributed by atoms with van der Waals surface area (Å²) in [6.45, 7) is 4.94. The number of hydrogen-bond donors (Lipinski definition) is 3. The number of nitrogens with zero attached hydrogens (tertiary/aromatic N) is 4. The zero-order valence-electron chi connectivity index (χ0n) is 37.3. The Kier molecular flexibility index (Phi) is 12.3. The van der Waals surface area contributed by atoms with Crippen LogP contribution in [0, 0.1) is 11.6 Å². The van der Waals surface area contributed by atoms with Gasteiger partial charge >= 0.3 is 0 Å². The Balaban J connectivity index is 1.21. The quantitative estimate of drug-likeness (QED) is 0.105. The molecule has 338 valence electrons. The van der Waals surface area contributed by atoms with Crippen LogP contribution in [0.5, 0.6) is 5.75 Å². The average molecular weight is 895 g/mol. The molecule has 0 atom stereocenters. The number of halogens is 2. The lowest BCUT2D eigenvalue weighted by atomic mass is 9.77. The van der Waals surface area contributed by atoms with Gasteiger partial charge < -0.3 is 30.3 Å². The lowest BCUT2D eigenvalue weighted by Crippen LogP contribution is -2.44. The summed E-state index contributed by atoms with van der Waals surface area (Å²) in [7, 11) is 2.13. The van der Waals surface area contributed by atoms with Crippen LogP contribution < -0.4 is 15.5 Å². The van der Waals surface area contributed by atoms with Crippen LogP contribution >= 0.6 is 0 Å². The molecule has 0 radical (unpaired) electrons. The molecule has 2 saturated heterocycles. The molecule has 0 spiro atoms. The number of benzene rings is 7. The number of piperazine rings is 1. The molecule has 67 heavy (non-hydrogen) atoms. The highest BCUT2D eigenvalue weighted by Gasteiger charge is 2.41. The van der Waals surface area contributed by atoms with Crippen LogP contribution in [-0.2, 0) is 16.7 Å². The molecule has 0 bridgehead atoms. The average Bonchev–Trinajstić information content (AvgIpc) is 3.69. The SMILES string of the molecule is CN1CCN(c2ccc(C(=O)Nc3nn(C(c4ccccc4)(c4ccccc4)c4ccccc4)c4cc(-c5ccc(O)cc5)c(Cc5cc(F)cc(F)c5)cc34)c(NC3CCOCC3)c2)CC1. The van der Waals surface area contributed by atoms with E-state index in [1.54, 1.807) is 12.1 Å². The molecule has 0 unspecified atom stereocenters. The minimum absolute atomic E-state index is 0.104. The Morgan fingerprint density at radius 3 is 1.93 bits per heavy atom. The van der Waals surface area contributed by atoms with Gasteiger partial charge in [0.25, 0.3) is 5.91 Å². The van der Waals surface area contributed by atoms with Crippen LogP contribution in [0.2, 0.25) is 0 Å². The summed E-state index contributed by atoms with van der Waals surface area (Å²) in [5, 5.41) is 23.6. The molecule has 3 heterocycles. The van der Waals surface area contributed by atoms with Gasteiger partial charge in [-0.3, -0.25) is 4.79 Å². The second-order valence-electron chi connectivity index (χ2n) is 17.6. The summed E-state index contributed by atoms with van der Waals surface area (Å²) >= 11 is 0. The highest BCUT2D eigenvalue weighted by Crippen LogP contribution is 2.45. The number of anilines is 3.